The minimum atomic E-state index is 0.866. The Kier molecular flexibility index (Phi) is 7.58. The summed E-state index contributed by atoms with van der Waals surface area (Å²) in [6, 6.07) is 8.70. The van der Waals surface area contributed by atoms with Gasteiger partial charge in [-0.1, -0.05) is 0 Å². The number of terminal acetylenes is 2. The van der Waals surface area contributed by atoms with E-state index in [-0.39, 0.29) is 0 Å². The fourth-order valence-electron chi connectivity index (χ4n) is 2.64. The van der Waals surface area contributed by atoms with Crippen molar-refractivity contribution in [2.45, 2.75) is 51.6 Å². The van der Waals surface area contributed by atoms with Crippen LogP contribution in [0.3, 0.4) is 0 Å². The van der Waals surface area contributed by atoms with Crippen LogP contribution < -0.4 is 9.13 Å². The predicted molar refractivity (Wildman–Crippen MR) is 97.6 cm³/mol. The van der Waals surface area contributed by atoms with Crippen LogP contribution in [-0.2, 0) is 13.1 Å². The molecule has 0 saturated heterocycles. The third-order valence-electron chi connectivity index (χ3n) is 4.09. The van der Waals surface area contributed by atoms with Crippen LogP contribution in [0.15, 0.2) is 49.1 Å². The van der Waals surface area contributed by atoms with E-state index in [9.17, 15) is 0 Å². The summed E-state index contributed by atoms with van der Waals surface area (Å²) in [6.45, 7) is 2.04. The van der Waals surface area contributed by atoms with Crippen molar-refractivity contribution in [1.82, 2.24) is 0 Å². The van der Waals surface area contributed by atoms with E-state index in [2.05, 4.69) is 70.0 Å². The average molecular weight is 318 g/mol. The molecule has 0 aliphatic heterocycles. The average Bonchev–Trinajstić information content (AvgIpc) is 2.64. The first-order valence-corrected chi connectivity index (χ1v) is 8.69. The van der Waals surface area contributed by atoms with Crippen molar-refractivity contribution >= 4 is 0 Å². The summed E-state index contributed by atoms with van der Waals surface area (Å²) in [7, 11) is 0. The number of nitrogens with zero attached hydrogens (tertiary/aromatic N) is 2. The highest BCUT2D eigenvalue weighted by Crippen LogP contribution is 2.15. The summed E-state index contributed by atoms with van der Waals surface area (Å²) in [5, 5.41) is 0. The first kappa shape index (κ1) is 17.8. The summed E-state index contributed by atoms with van der Waals surface area (Å²) < 4.78 is 4.43. The van der Waals surface area contributed by atoms with Crippen LogP contribution in [0.1, 0.15) is 38.5 Å². The van der Waals surface area contributed by atoms with Crippen molar-refractivity contribution < 1.29 is 9.13 Å². The van der Waals surface area contributed by atoms with E-state index in [0.717, 1.165) is 51.6 Å². The molecule has 24 heavy (non-hydrogen) atoms. The largest absolute Gasteiger partial charge is 0.205 e. The Morgan fingerprint density at radius 1 is 0.625 bits per heavy atom. The van der Waals surface area contributed by atoms with Gasteiger partial charge >= 0.3 is 0 Å². The molecule has 0 amide bonds. The first-order valence-electron chi connectivity index (χ1n) is 8.69. The van der Waals surface area contributed by atoms with E-state index >= 15 is 0 Å². The Morgan fingerprint density at radius 3 is 1.33 bits per heavy atom. The molecule has 2 heterocycles. The van der Waals surface area contributed by atoms with E-state index in [1.54, 1.807) is 0 Å². The first-order chi connectivity index (χ1) is 11.8. The monoisotopic (exact) mass is 318 g/mol. The minimum Gasteiger partial charge on any atom is -0.205 e. The van der Waals surface area contributed by atoms with Gasteiger partial charge in [0.05, 0.1) is 0 Å². The van der Waals surface area contributed by atoms with Gasteiger partial charge in [0.15, 0.2) is 24.8 Å². The normalized spacial score (nSPS) is 10.1. The number of aryl methyl sites for hydroxylation is 2. The Labute approximate surface area is 146 Å². The number of hydrogen-bond donors (Lipinski definition) is 0. The zero-order valence-electron chi connectivity index (χ0n) is 14.3. The van der Waals surface area contributed by atoms with Gasteiger partial charge in [-0.15, -0.1) is 24.7 Å². The van der Waals surface area contributed by atoms with E-state index in [0.29, 0.717) is 0 Å². The van der Waals surface area contributed by atoms with Gasteiger partial charge < -0.3 is 0 Å². The molecule has 0 aromatic carbocycles. The lowest BCUT2D eigenvalue weighted by molar-refractivity contribution is -0.697. The van der Waals surface area contributed by atoms with Crippen LogP contribution in [0.5, 0.6) is 0 Å². The molecule has 0 spiro atoms. The molecule has 0 radical (unpaired) electrons. The van der Waals surface area contributed by atoms with Gasteiger partial charge in [-0.25, -0.2) is 9.13 Å². The van der Waals surface area contributed by atoms with Gasteiger partial charge in [-0.3, -0.25) is 0 Å². The highest BCUT2D eigenvalue weighted by Gasteiger charge is 2.05. The summed E-state index contributed by atoms with van der Waals surface area (Å²) in [4.78, 5) is 0. The van der Waals surface area contributed by atoms with Gasteiger partial charge in [0.25, 0.3) is 0 Å². The molecular formula is C22H26N2+2. The van der Waals surface area contributed by atoms with Crippen LogP contribution in [0.25, 0.3) is 11.1 Å². The maximum atomic E-state index is 5.28. The number of unbranched alkanes of at least 4 members (excludes halogenated alkanes) is 4. The fourth-order valence-corrected chi connectivity index (χ4v) is 2.64. The number of rotatable bonds is 9. The SMILES string of the molecule is C#CCCCC[n+]1ccc(-c2cc[n+](CCCCC#C)cc2)cc1. The van der Waals surface area contributed by atoms with Gasteiger partial charge in [-0.2, -0.15) is 0 Å². The summed E-state index contributed by atoms with van der Waals surface area (Å²) in [5.74, 6) is 5.38. The van der Waals surface area contributed by atoms with Gasteiger partial charge in [0, 0.05) is 49.9 Å². The van der Waals surface area contributed by atoms with E-state index < -0.39 is 0 Å². The van der Waals surface area contributed by atoms with Crippen LogP contribution in [0.2, 0.25) is 0 Å². The lowest BCUT2D eigenvalue weighted by atomic mass is 10.1. The van der Waals surface area contributed by atoms with Crippen LogP contribution in [-0.4, -0.2) is 0 Å². The fraction of sp³-hybridized carbons (Fsp3) is 0.364. The molecule has 0 aliphatic carbocycles. The van der Waals surface area contributed by atoms with Crippen LogP contribution in [0, 0.1) is 24.7 Å². The standard InChI is InChI=1S/C22H26N2/c1-3-5-7-9-15-23-17-11-21(12-18-23)22-13-19-24(20-14-22)16-10-8-6-4-2/h1-2,11-14,17-20H,5-10,15-16H2/q+2. The second-order valence-corrected chi connectivity index (χ2v) is 5.97. The Balaban J connectivity index is 1.87. The topological polar surface area (TPSA) is 7.76 Å². The van der Waals surface area contributed by atoms with Crippen molar-refractivity contribution in [2.24, 2.45) is 0 Å². The molecule has 0 fully saturated rings. The third kappa shape index (κ3) is 5.90. The van der Waals surface area contributed by atoms with Crippen molar-refractivity contribution in [1.29, 1.82) is 0 Å². The summed E-state index contributed by atoms with van der Waals surface area (Å²) in [6.07, 6.45) is 25.3. The molecule has 2 rings (SSSR count). The molecule has 0 bridgehead atoms. The molecule has 0 unspecified atom stereocenters. The number of pyridine rings is 2. The molecule has 2 aromatic rings. The molecule has 122 valence electrons. The lowest BCUT2D eigenvalue weighted by Gasteiger charge is -2.01. The van der Waals surface area contributed by atoms with Gasteiger partial charge in [0.1, 0.15) is 13.1 Å². The third-order valence-corrected chi connectivity index (χ3v) is 4.09. The van der Waals surface area contributed by atoms with E-state index in [1.807, 2.05) is 0 Å². The van der Waals surface area contributed by atoms with Crippen molar-refractivity contribution in [2.75, 3.05) is 0 Å². The molecule has 2 nitrogen and oxygen atoms in total. The van der Waals surface area contributed by atoms with Crippen molar-refractivity contribution in [3.63, 3.8) is 0 Å². The van der Waals surface area contributed by atoms with Gasteiger partial charge in [0.2, 0.25) is 0 Å². The maximum absolute atomic E-state index is 5.28. The van der Waals surface area contributed by atoms with Gasteiger partial charge in [-0.05, 0) is 24.0 Å². The van der Waals surface area contributed by atoms with Crippen molar-refractivity contribution in [3.05, 3.63) is 49.1 Å². The van der Waals surface area contributed by atoms with E-state index in [1.165, 1.54) is 11.1 Å². The molecular weight excluding hydrogens is 292 g/mol. The second-order valence-electron chi connectivity index (χ2n) is 5.97. The summed E-state index contributed by atoms with van der Waals surface area (Å²) >= 11 is 0. The zero-order valence-corrected chi connectivity index (χ0v) is 14.3. The molecule has 0 saturated carbocycles. The molecule has 2 heteroatoms. The summed E-state index contributed by atoms with van der Waals surface area (Å²) in [5.41, 5.74) is 2.49. The number of hydrogen-bond acceptors (Lipinski definition) is 0. The Morgan fingerprint density at radius 2 is 1.00 bits per heavy atom. The maximum Gasteiger partial charge on any atom is 0.169 e. The van der Waals surface area contributed by atoms with Crippen LogP contribution in [0.4, 0.5) is 0 Å². The highest BCUT2D eigenvalue weighted by atomic mass is 14.9. The van der Waals surface area contributed by atoms with Crippen LogP contribution >= 0.6 is 0 Å². The lowest BCUT2D eigenvalue weighted by Crippen LogP contribution is -2.33. The molecule has 0 aliphatic rings. The second kappa shape index (κ2) is 10.2. The Bertz CT molecular complexity index is 621. The highest BCUT2D eigenvalue weighted by molar-refractivity contribution is 5.60. The quantitative estimate of drug-likeness (QED) is 0.380. The minimum absolute atomic E-state index is 0.866. The van der Waals surface area contributed by atoms with Crippen molar-refractivity contribution in [3.8, 4) is 35.8 Å². The molecule has 0 atom stereocenters. The smallest absolute Gasteiger partial charge is 0.169 e. The predicted octanol–water partition coefficient (Wildman–Crippen LogP) is 3.54. The number of aromatic nitrogens is 2. The molecule has 0 N–H and O–H groups in total. The Hall–Kier alpha value is -2.58. The van der Waals surface area contributed by atoms with E-state index in [4.69, 9.17) is 12.8 Å². The molecule has 2 aromatic heterocycles. The zero-order chi connectivity index (χ0) is 17.0.